The van der Waals surface area contributed by atoms with E-state index in [-0.39, 0.29) is 173 Å². The predicted octanol–water partition coefficient (Wildman–Crippen LogP) is 8.11. The van der Waals surface area contributed by atoms with Crippen molar-refractivity contribution in [2.45, 2.75) is 153 Å². The zero-order chi connectivity index (χ0) is 99.8. The molecule has 4 aliphatic carbocycles. The molecule has 4 fully saturated rings. The van der Waals surface area contributed by atoms with E-state index in [2.05, 4.69) is 190 Å². The second kappa shape index (κ2) is 49.9. The van der Waals surface area contributed by atoms with Gasteiger partial charge in [-0.15, -0.1) is 26.3 Å². The summed E-state index contributed by atoms with van der Waals surface area (Å²) in [6.45, 7) is 30.5. The first-order valence-corrected chi connectivity index (χ1v) is 49.6. The molecule has 0 bridgehead atoms. The van der Waals surface area contributed by atoms with Crippen LogP contribution in [-0.2, 0) is 78.3 Å². The Morgan fingerprint density at radius 2 is 0.600 bits per heavy atom. The van der Waals surface area contributed by atoms with Gasteiger partial charge in [-0.3, -0.25) is 77.6 Å². The zero-order valence-electron chi connectivity index (χ0n) is 81.3. The highest BCUT2D eigenvalue weighted by molar-refractivity contribution is 6.00. The number of H-pyrrole nitrogens is 4. The molecule has 16 rings (SSSR count). The van der Waals surface area contributed by atoms with Crippen LogP contribution < -0.4 is 49.5 Å². The summed E-state index contributed by atoms with van der Waals surface area (Å²) in [6.07, 6.45) is 23.9. The lowest BCUT2D eigenvalue weighted by Gasteiger charge is -2.47. The van der Waals surface area contributed by atoms with Crippen LogP contribution in [0.1, 0.15) is 147 Å². The van der Waals surface area contributed by atoms with Crippen molar-refractivity contribution in [2.24, 2.45) is 46.6 Å². The minimum Gasteiger partial charge on any atom is -0.465 e. The number of amides is 13. The number of esters is 3. The van der Waals surface area contributed by atoms with E-state index < -0.39 is 42.0 Å². The van der Waals surface area contributed by atoms with Gasteiger partial charge in [0.15, 0.2) is 0 Å². The maximum atomic E-state index is 13.8. The largest absolute Gasteiger partial charge is 0.465 e. The number of likely N-dealkylation sites (tertiary alicyclic amines) is 4. The summed E-state index contributed by atoms with van der Waals surface area (Å²) in [5.74, 6) is -3.07. The van der Waals surface area contributed by atoms with E-state index in [1.807, 2.05) is 52.0 Å². The number of aromatic nitrogens is 4. The van der Waals surface area contributed by atoms with Crippen LogP contribution in [0.25, 0.3) is 43.6 Å². The molecule has 12 atom stereocenters. The van der Waals surface area contributed by atoms with Crippen LogP contribution in [0, 0.1) is 23.7 Å². The Bertz CT molecular complexity index is 5070. The number of fused-ring (bicyclic) bond motifs is 8. The van der Waals surface area contributed by atoms with Crippen molar-refractivity contribution in [3.63, 3.8) is 0 Å². The molecule has 4 aromatic carbocycles. The Hall–Kier alpha value is -12.7. The number of ether oxygens (including phenoxy) is 3. The standard InChI is InChI=1S/C26H36N6O3.3C26H35N5O4/c1-3-10-31-16-18(25(34)32(26(35)28-4-2)11-6-9-29-23(33)14-27)12-20-19-7-5-8-21-24(19)17(15-30-21)13-22(20)31;3*1-3-9-30-16-18(25(33)31(26(34)28-4-2)10-6-11-35-23(32)14-27)12-20-19-7-5-8-21-24(19)17(15-29-21)13-22(20)30/h3,5,7-8,15,18,20,22,30H,1,4,6,9-14,16,27H2,2H3,(H,28,35)(H,29,33);3*3,5,7-8,15,18,20,22,29H,1,4,6,9-14,16,27H2,2H3,(H,28,34)/t4*18-,20-,22-/m1111/s1. The maximum absolute atomic E-state index is 13.8. The van der Waals surface area contributed by atoms with E-state index in [1.165, 1.54) is 85.7 Å². The lowest BCUT2D eigenvalue weighted by molar-refractivity contribution is -0.143. The fourth-order valence-electron chi connectivity index (χ4n) is 22.5. The van der Waals surface area contributed by atoms with Gasteiger partial charge in [0.05, 0.1) is 69.7 Å². The third-order valence-electron chi connectivity index (χ3n) is 28.4. The molecule has 0 radical (unpaired) electrons. The number of hydrogen-bond donors (Lipinski definition) is 13. The van der Waals surface area contributed by atoms with Crippen molar-refractivity contribution in [1.29, 1.82) is 0 Å². The van der Waals surface area contributed by atoms with E-state index >= 15 is 0 Å². The number of carbonyl (C=O) groups is 12. The second-order valence-electron chi connectivity index (χ2n) is 37.1. The average molecular weight is 1930 g/mol. The quantitative estimate of drug-likeness (QED) is 0.00762. The van der Waals surface area contributed by atoms with Crippen LogP contribution in [0.15, 0.2) is 148 Å². The second-order valence-corrected chi connectivity index (χ2v) is 37.1. The Kier molecular flexibility index (Phi) is 37.3. The molecule has 4 saturated heterocycles. The number of nitrogens with one attached hydrogen (secondary N) is 9. The number of nitrogens with two attached hydrogens (primary N) is 4. The number of imide groups is 4. The lowest BCUT2D eigenvalue weighted by atomic mass is 9.72. The highest BCUT2D eigenvalue weighted by Gasteiger charge is 2.50. The van der Waals surface area contributed by atoms with Gasteiger partial charge in [-0.2, -0.15) is 0 Å². The molecule has 140 heavy (non-hydrogen) atoms. The van der Waals surface area contributed by atoms with Gasteiger partial charge in [-0.05, 0) is 174 Å². The van der Waals surface area contributed by atoms with Gasteiger partial charge in [0.2, 0.25) is 29.5 Å². The van der Waals surface area contributed by atoms with Gasteiger partial charge in [-0.25, -0.2) is 19.2 Å². The van der Waals surface area contributed by atoms with Crippen molar-refractivity contribution >= 4 is 115 Å². The topological polar surface area (TPSA) is 486 Å². The summed E-state index contributed by atoms with van der Waals surface area (Å²) in [6, 6.07) is 24.8. The number of urea groups is 4. The Labute approximate surface area is 817 Å². The first-order chi connectivity index (χ1) is 67.9. The summed E-state index contributed by atoms with van der Waals surface area (Å²) < 4.78 is 15.1. The molecular formula is C104H141N21O15. The van der Waals surface area contributed by atoms with Crippen LogP contribution in [0.5, 0.6) is 0 Å². The van der Waals surface area contributed by atoms with Crippen molar-refractivity contribution < 1.29 is 71.7 Å². The highest BCUT2D eigenvalue weighted by atomic mass is 16.5. The van der Waals surface area contributed by atoms with Gasteiger partial charge >= 0.3 is 42.0 Å². The molecule has 8 heterocycles. The van der Waals surface area contributed by atoms with Crippen LogP contribution in [0.2, 0.25) is 0 Å². The third-order valence-corrected chi connectivity index (χ3v) is 28.4. The fraction of sp³-hybridized carbons (Fsp3) is 0.500. The predicted molar refractivity (Wildman–Crippen MR) is 537 cm³/mol. The van der Waals surface area contributed by atoms with Gasteiger partial charge in [0.25, 0.3) is 0 Å². The molecule has 0 spiro atoms. The number of aromatic amines is 4. The van der Waals surface area contributed by atoms with Crippen LogP contribution in [0.3, 0.4) is 0 Å². The SMILES string of the molecule is C=CCN1C[C@H](C(=O)N(CCCNC(=O)CN)C(=O)NCC)C[C@@H]2c3cccc4[nH]cc(c34)C[C@H]21.C=CCN1C[C@H](C(=O)N(CCCOC(=O)CN)C(=O)NCC)C[C@@H]2c3cccc4[nH]cc(c34)C[C@H]21.C=CCN1C[C@H](C(=O)N(CCCOC(=O)CN)C(=O)NCC)C[C@@H]2c3cccc4[nH]cc(c34)C[C@H]21.C=CCN1C[C@H](C(=O)N(CCCOC(=O)CN)C(=O)NCC)C[C@@H]2c3cccc4[nH]cc(c34)C[C@H]21. The Balaban J connectivity index is 0.000000157. The monoisotopic (exact) mass is 1920 g/mol. The molecule has 36 heteroatoms. The van der Waals surface area contributed by atoms with Gasteiger partial charge in [0, 0.05) is 227 Å². The maximum Gasteiger partial charge on any atom is 0.324 e. The van der Waals surface area contributed by atoms with Gasteiger partial charge in [-0.1, -0.05) is 72.8 Å². The molecule has 13 amide bonds. The van der Waals surface area contributed by atoms with E-state index in [1.54, 1.807) is 0 Å². The van der Waals surface area contributed by atoms with Crippen LogP contribution in [-0.4, -0.2) is 312 Å². The number of rotatable bonds is 36. The molecular weight excluding hydrogens is 1780 g/mol. The summed E-state index contributed by atoms with van der Waals surface area (Å²) in [4.78, 5) is 180. The normalized spacial score (nSPS) is 21.3. The average Bonchev–Trinajstić information content (AvgIpc) is 1.50. The minimum atomic E-state index is -0.505. The smallest absolute Gasteiger partial charge is 0.324 e. The van der Waals surface area contributed by atoms with Gasteiger partial charge < -0.3 is 83.7 Å². The minimum absolute atomic E-state index is 0.0850. The van der Waals surface area contributed by atoms with E-state index in [4.69, 9.17) is 37.1 Å². The molecule has 4 aliphatic heterocycles. The van der Waals surface area contributed by atoms with E-state index in [0.717, 1.165) is 47.8 Å². The number of benzene rings is 4. The van der Waals surface area contributed by atoms with Crippen molar-refractivity contribution in [3.8, 4) is 0 Å². The molecule has 8 aromatic rings. The fourth-order valence-corrected chi connectivity index (χ4v) is 22.5. The highest BCUT2D eigenvalue weighted by Crippen LogP contribution is 2.50. The number of carbonyl (C=O) groups excluding carboxylic acids is 12. The Morgan fingerprint density at radius 3 is 0.821 bits per heavy atom. The first kappa shape index (κ1) is 105. The molecule has 0 unspecified atom stereocenters. The summed E-state index contributed by atoms with van der Waals surface area (Å²) in [5.41, 5.74) is 36.0. The first-order valence-electron chi connectivity index (χ1n) is 49.6. The van der Waals surface area contributed by atoms with E-state index in [0.29, 0.717) is 136 Å². The number of piperidine rings is 4. The molecule has 8 aliphatic rings. The van der Waals surface area contributed by atoms with Crippen LogP contribution >= 0.6 is 0 Å². The summed E-state index contributed by atoms with van der Waals surface area (Å²) in [5, 5.41) is 18.8. The summed E-state index contributed by atoms with van der Waals surface area (Å²) in [7, 11) is 0. The molecule has 36 nitrogen and oxygen atoms in total. The zero-order valence-corrected chi connectivity index (χ0v) is 81.3. The Morgan fingerprint density at radius 1 is 0.357 bits per heavy atom. The van der Waals surface area contributed by atoms with Crippen molar-refractivity contribution in [1.82, 2.24) is 85.7 Å². The van der Waals surface area contributed by atoms with Crippen molar-refractivity contribution in [2.75, 3.05) is 157 Å². The molecule has 0 saturated carbocycles. The van der Waals surface area contributed by atoms with E-state index in [9.17, 15) is 57.5 Å². The number of nitrogens with zero attached hydrogens (tertiary/aromatic N) is 8. The lowest BCUT2D eigenvalue weighted by Crippen LogP contribution is -2.55. The van der Waals surface area contributed by atoms with Gasteiger partial charge in [0.1, 0.15) is 0 Å². The number of hydrogen-bond acceptors (Lipinski definition) is 23. The molecule has 17 N–H and O–H groups in total. The van der Waals surface area contributed by atoms with Crippen molar-refractivity contribution in [3.05, 3.63) is 193 Å². The third kappa shape index (κ3) is 24.1. The van der Waals surface area contributed by atoms with Crippen LogP contribution in [0.4, 0.5) is 19.2 Å². The molecule has 752 valence electrons. The summed E-state index contributed by atoms with van der Waals surface area (Å²) >= 11 is 0. The molecule has 4 aromatic heterocycles.